The van der Waals surface area contributed by atoms with Gasteiger partial charge in [0.15, 0.2) is 5.82 Å². The lowest BCUT2D eigenvalue weighted by Gasteiger charge is -2.06. The fraction of sp³-hybridized carbons (Fsp3) is 0.167. The number of aryl methyl sites for hydroxylation is 1. The monoisotopic (exact) mass is 215 g/mol. The molecule has 0 aliphatic rings. The zero-order chi connectivity index (χ0) is 11.5. The molecule has 0 aliphatic carbocycles. The summed E-state index contributed by atoms with van der Waals surface area (Å²) in [7, 11) is 1.65. The van der Waals surface area contributed by atoms with E-state index in [-0.39, 0.29) is 0 Å². The topological polar surface area (TPSA) is 61.0 Å². The van der Waals surface area contributed by atoms with Gasteiger partial charge in [-0.2, -0.15) is 0 Å². The number of hydrogen-bond donors (Lipinski definition) is 1. The summed E-state index contributed by atoms with van der Waals surface area (Å²) in [5.74, 6) is 1.53. The molecule has 4 heteroatoms. The van der Waals surface area contributed by atoms with Crippen LogP contribution in [0.4, 0.5) is 5.69 Å². The lowest BCUT2D eigenvalue weighted by molar-refractivity contribution is 0.412. The Kier molecular flexibility index (Phi) is 2.72. The Labute approximate surface area is 94.1 Å². The summed E-state index contributed by atoms with van der Waals surface area (Å²) in [4.78, 5) is 8.34. The van der Waals surface area contributed by atoms with E-state index in [9.17, 15) is 0 Å². The normalized spacial score (nSPS) is 10.1. The van der Waals surface area contributed by atoms with Gasteiger partial charge in [0.1, 0.15) is 5.75 Å². The Morgan fingerprint density at radius 1 is 1.19 bits per heavy atom. The molecule has 0 saturated carbocycles. The van der Waals surface area contributed by atoms with E-state index >= 15 is 0 Å². The molecule has 0 saturated heterocycles. The van der Waals surface area contributed by atoms with Gasteiger partial charge in [0.25, 0.3) is 0 Å². The van der Waals surface area contributed by atoms with Gasteiger partial charge in [-0.1, -0.05) is 0 Å². The van der Waals surface area contributed by atoms with Crippen LogP contribution in [0, 0.1) is 6.92 Å². The van der Waals surface area contributed by atoms with Crippen LogP contribution in [0.2, 0.25) is 0 Å². The first kappa shape index (κ1) is 10.4. The molecule has 16 heavy (non-hydrogen) atoms. The van der Waals surface area contributed by atoms with Crippen molar-refractivity contribution in [3.63, 3.8) is 0 Å². The Bertz CT molecular complexity index is 494. The first-order valence-electron chi connectivity index (χ1n) is 4.93. The van der Waals surface area contributed by atoms with Crippen LogP contribution in [0.5, 0.6) is 5.75 Å². The van der Waals surface area contributed by atoms with E-state index < -0.39 is 0 Å². The van der Waals surface area contributed by atoms with Crippen molar-refractivity contribution < 1.29 is 4.74 Å². The maximum atomic E-state index is 5.54. The van der Waals surface area contributed by atoms with E-state index in [1.54, 1.807) is 19.5 Å². The molecule has 0 radical (unpaired) electrons. The second-order valence-corrected chi connectivity index (χ2v) is 3.52. The molecule has 1 heterocycles. The molecule has 2 aromatic rings. The lowest BCUT2D eigenvalue weighted by atomic mass is 10.1. The molecule has 2 rings (SSSR count). The molecular formula is C12H13N3O. The molecule has 0 fully saturated rings. The second-order valence-electron chi connectivity index (χ2n) is 3.52. The Morgan fingerprint density at radius 3 is 2.44 bits per heavy atom. The average Bonchev–Trinajstić information content (AvgIpc) is 2.30. The molecule has 0 spiro atoms. The fourth-order valence-corrected chi connectivity index (χ4v) is 1.50. The zero-order valence-electron chi connectivity index (χ0n) is 9.27. The van der Waals surface area contributed by atoms with Crippen LogP contribution < -0.4 is 10.5 Å². The third-order valence-corrected chi connectivity index (χ3v) is 2.32. The van der Waals surface area contributed by atoms with Crippen molar-refractivity contribution in [2.75, 3.05) is 12.8 Å². The number of nitrogens with zero attached hydrogens (tertiary/aromatic N) is 2. The highest BCUT2D eigenvalue weighted by molar-refractivity contribution is 5.59. The summed E-state index contributed by atoms with van der Waals surface area (Å²) in [6.07, 6.45) is 3.20. The van der Waals surface area contributed by atoms with Gasteiger partial charge in [0.05, 0.1) is 25.2 Å². The summed E-state index contributed by atoms with van der Waals surface area (Å²) in [6, 6.07) is 5.83. The van der Waals surface area contributed by atoms with Crippen LogP contribution in [0.25, 0.3) is 11.4 Å². The molecule has 0 amide bonds. The van der Waals surface area contributed by atoms with Gasteiger partial charge >= 0.3 is 0 Å². The summed E-state index contributed by atoms with van der Waals surface area (Å²) in [5.41, 5.74) is 8.11. The number of anilines is 1. The first-order chi connectivity index (χ1) is 7.70. The molecule has 0 aliphatic heterocycles. The van der Waals surface area contributed by atoms with E-state index in [2.05, 4.69) is 9.97 Å². The minimum atomic E-state index is 0.564. The maximum absolute atomic E-state index is 5.54. The number of hydrogen-bond acceptors (Lipinski definition) is 4. The third-order valence-electron chi connectivity index (χ3n) is 2.32. The quantitative estimate of drug-likeness (QED) is 0.832. The molecule has 1 aromatic heterocycles. The lowest BCUT2D eigenvalue weighted by Crippen LogP contribution is -1.93. The fourth-order valence-electron chi connectivity index (χ4n) is 1.50. The number of aromatic nitrogens is 2. The number of ether oxygens (including phenoxy) is 1. The van der Waals surface area contributed by atoms with Crippen molar-refractivity contribution in [1.82, 2.24) is 9.97 Å². The highest BCUT2D eigenvalue weighted by atomic mass is 16.5. The third kappa shape index (κ3) is 1.95. The van der Waals surface area contributed by atoms with Gasteiger partial charge in [0, 0.05) is 5.56 Å². The standard InChI is InChI=1S/C12H13N3O/c1-8-5-9(3-4-11(8)16-2)12-14-6-10(13)7-15-12/h3-7H,13H2,1-2H3. The van der Waals surface area contributed by atoms with Crippen LogP contribution in [0.3, 0.4) is 0 Å². The highest BCUT2D eigenvalue weighted by Gasteiger charge is 2.04. The molecule has 0 bridgehead atoms. The van der Waals surface area contributed by atoms with Crippen molar-refractivity contribution in [2.24, 2.45) is 0 Å². The van der Waals surface area contributed by atoms with Gasteiger partial charge in [-0.15, -0.1) is 0 Å². The second kappa shape index (κ2) is 4.18. The average molecular weight is 215 g/mol. The van der Waals surface area contributed by atoms with Gasteiger partial charge in [-0.3, -0.25) is 0 Å². The summed E-state index contributed by atoms with van der Waals surface area (Å²) in [6.45, 7) is 1.99. The summed E-state index contributed by atoms with van der Waals surface area (Å²) in [5, 5.41) is 0. The Balaban J connectivity index is 2.41. The Morgan fingerprint density at radius 2 is 1.88 bits per heavy atom. The van der Waals surface area contributed by atoms with E-state index in [0.29, 0.717) is 11.5 Å². The van der Waals surface area contributed by atoms with E-state index in [4.69, 9.17) is 10.5 Å². The SMILES string of the molecule is COc1ccc(-c2ncc(N)cn2)cc1C. The summed E-state index contributed by atoms with van der Waals surface area (Å²) >= 11 is 0. The molecule has 0 atom stereocenters. The smallest absolute Gasteiger partial charge is 0.159 e. The molecule has 0 unspecified atom stereocenters. The maximum Gasteiger partial charge on any atom is 0.159 e. The van der Waals surface area contributed by atoms with Crippen LogP contribution >= 0.6 is 0 Å². The van der Waals surface area contributed by atoms with E-state index in [1.807, 2.05) is 25.1 Å². The van der Waals surface area contributed by atoms with Gasteiger partial charge in [-0.05, 0) is 30.7 Å². The van der Waals surface area contributed by atoms with Crippen molar-refractivity contribution in [2.45, 2.75) is 6.92 Å². The van der Waals surface area contributed by atoms with E-state index in [0.717, 1.165) is 16.9 Å². The predicted molar refractivity (Wildman–Crippen MR) is 63.2 cm³/mol. The van der Waals surface area contributed by atoms with Crippen molar-refractivity contribution in [1.29, 1.82) is 0 Å². The van der Waals surface area contributed by atoms with Gasteiger partial charge in [-0.25, -0.2) is 9.97 Å². The van der Waals surface area contributed by atoms with Gasteiger partial charge in [0.2, 0.25) is 0 Å². The number of rotatable bonds is 2. The molecule has 2 N–H and O–H groups in total. The van der Waals surface area contributed by atoms with Crippen molar-refractivity contribution >= 4 is 5.69 Å². The predicted octanol–water partition coefficient (Wildman–Crippen LogP) is 2.04. The highest BCUT2D eigenvalue weighted by Crippen LogP contribution is 2.23. The minimum Gasteiger partial charge on any atom is -0.496 e. The molecule has 82 valence electrons. The Hall–Kier alpha value is -2.10. The van der Waals surface area contributed by atoms with Crippen molar-refractivity contribution in [3.05, 3.63) is 36.2 Å². The summed E-state index contributed by atoms with van der Waals surface area (Å²) < 4.78 is 5.19. The first-order valence-corrected chi connectivity index (χ1v) is 4.93. The largest absolute Gasteiger partial charge is 0.496 e. The van der Waals surface area contributed by atoms with Gasteiger partial charge < -0.3 is 10.5 Å². The van der Waals surface area contributed by atoms with E-state index in [1.165, 1.54) is 0 Å². The number of methoxy groups -OCH3 is 1. The van der Waals surface area contributed by atoms with Crippen LogP contribution in [0.1, 0.15) is 5.56 Å². The number of benzene rings is 1. The van der Waals surface area contributed by atoms with Crippen LogP contribution in [0.15, 0.2) is 30.6 Å². The van der Waals surface area contributed by atoms with Crippen molar-refractivity contribution in [3.8, 4) is 17.1 Å². The molecule has 1 aromatic carbocycles. The number of nitrogen functional groups attached to an aromatic ring is 1. The van der Waals surface area contributed by atoms with Crippen LogP contribution in [-0.2, 0) is 0 Å². The van der Waals surface area contributed by atoms with Crippen LogP contribution in [-0.4, -0.2) is 17.1 Å². The molecular weight excluding hydrogens is 202 g/mol. The minimum absolute atomic E-state index is 0.564. The zero-order valence-corrected chi connectivity index (χ0v) is 9.27. The number of nitrogens with two attached hydrogens (primary N) is 1. The molecule has 4 nitrogen and oxygen atoms in total.